The first-order valence-electron chi connectivity index (χ1n) is 5.82. The second kappa shape index (κ2) is 4.20. The zero-order valence-electron chi connectivity index (χ0n) is 10.0. The van der Waals surface area contributed by atoms with Crippen molar-refractivity contribution in [3.63, 3.8) is 0 Å². The fourth-order valence-electron chi connectivity index (χ4n) is 2.18. The number of imide groups is 1. The number of amides is 2. The predicted molar refractivity (Wildman–Crippen MR) is 69.3 cm³/mol. The van der Waals surface area contributed by atoms with Crippen molar-refractivity contribution in [1.82, 2.24) is 9.88 Å². The summed E-state index contributed by atoms with van der Waals surface area (Å²) in [6, 6.07) is 8.50. The number of anilines is 1. The van der Waals surface area contributed by atoms with Gasteiger partial charge in [0.2, 0.25) is 0 Å². The summed E-state index contributed by atoms with van der Waals surface area (Å²) in [6.45, 7) is 0.208. The maximum atomic E-state index is 12.2. The highest BCUT2D eigenvalue weighted by atomic mass is 16.2. The lowest BCUT2D eigenvalue weighted by molar-refractivity contribution is 0.0642. The zero-order chi connectivity index (χ0) is 13.4. The number of fused-ring (bicyclic) bond motifs is 1. The van der Waals surface area contributed by atoms with Gasteiger partial charge in [0.15, 0.2) is 0 Å². The number of carbonyl (C=O) groups excluding carboxylic acids is 2. The third kappa shape index (κ3) is 1.76. The Kier molecular flexibility index (Phi) is 2.52. The number of hydrogen-bond acceptors (Lipinski definition) is 4. The van der Waals surface area contributed by atoms with Gasteiger partial charge in [-0.05, 0) is 23.8 Å². The fourth-order valence-corrected chi connectivity index (χ4v) is 2.18. The minimum absolute atomic E-state index is 0.208. The Morgan fingerprint density at radius 3 is 2.63 bits per heavy atom. The van der Waals surface area contributed by atoms with Crippen molar-refractivity contribution in [1.29, 1.82) is 0 Å². The van der Waals surface area contributed by atoms with Crippen LogP contribution in [0.2, 0.25) is 0 Å². The normalized spacial score (nSPS) is 13.8. The van der Waals surface area contributed by atoms with Crippen LogP contribution < -0.4 is 5.73 Å². The molecule has 5 nitrogen and oxygen atoms in total. The molecule has 19 heavy (non-hydrogen) atoms. The number of benzene rings is 1. The van der Waals surface area contributed by atoms with E-state index in [9.17, 15) is 9.59 Å². The third-order valence-electron chi connectivity index (χ3n) is 3.09. The van der Waals surface area contributed by atoms with Crippen LogP contribution in [0.5, 0.6) is 0 Å². The molecular formula is C14H11N3O2. The number of pyridine rings is 1. The quantitative estimate of drug-likeness (QED) is 0.649. The van der Waals surface area contributed by atoms with E-state index < -0.39 is 0 Å². The van der Waals surface area contributed by atoms with E-state index in [1.54, 1.807) is 36.7 Å². The summed E-state index contributed by atoms with van der Waals surface area (Å²) >= 11 is 0. The number of nitrogens with zero attached hydrogens (tertiary/aromatic N) is 2. The van der Waals surface area contributed by atoms with Gasteiger partial charge in [0.05, 0.1) is 17.7 Å². The van der Waals surface area contributed by atoms with Gasteiger partial charge in [-0.3, -0.25) is 19.5 Å². The Morgan fingerprint density at radius 1 is 1.11 bits per heavy atom. The number of hydrogen-bond donors (Lipinski definition) is 1. The Bertz CT molecular complexity index is 668. The molecule has 94 valence electrons. The molecule has 0 spiro atoms. The topological polar surface area (TPSA) is 76.3 Å². The fraction of sp³-hybridized carbons (Fsp3) is 0.0714. The van der Waals surface area contributed by atoms with E-state index in [2.05, 4.69) is 4.98 Å². The van der Waals surface area contributed by atoms with Crippen molar-refractivity contribution < 1.29 is 9.59 Å². The van der Waals surface area contributed by atoms with Gasteiger partial charge < -0.3 is 5.73 Å². The van der Waals surface area contributed by atoms with Gasteiger partial charge in [-0.25, -0.2) is 0 Å². The maximum Gasteiger partial charge on any atom is 0.263 e. The summed E-state index contributed by atoms with van der Waals surface area (Å²) in [4.78, 5) is 29.6. The molecule has 0 bridgehead atoms. The molecule has 0 saturated heterocycles. The van der Waals surface area contributed by atoms with Crippen LogP contribution in [-0.2, 0) is 6.54 Å². The Morgan fingerprint density at radius 2 is 1.95 bits per heavy atom. The van der Waals surface area contributed by atoms with Crippen molar-refractivity contribution in [3.05, 3.63) is 59.4 Å². The van der Waals surface area contributed by atoms with Gasteiger partial charge in [-0.2, -0.15) is 0 Å². The van der Waals surface area contributed by atoms with E-state index in [0.717, 1.165) is 5.56 Å². The number of nitrogens with two attached hydrogens (primary N) is 1. The zero-order valence-corrected chi connectivity index (χ0v) is 10.0. The molecule has 0 saturated carbocycles. The molecule has 0 fully saturated rings. The van der Waals surface area contributed by atoms with Gasteiger partial charge in [0.1, 0.15) is 0 Å². The molecule has 1 aliphatic heterocycles. The predicted octanol–water partition coefficient (Wildman–Crippen LogP) is 1.46. The third-order valence-corrected chi connectivity index (χ3v) is 3.09. The van der Waals surface area contributed by atoms with Crippen molar-refractivity contribution in [2.75, 3.05) is 5.73 Å². The Labute approximate surface area is 109 Å². The average Bonchev–Trinajstić information content (AvgIpc) is 2.66. The average molecular weight is 253 g/mol. The first-order chi connectivity index (χ1) is 9.18. The van der Waals surface area contributed by atoms with Crippen LogP contribution >= 0.6 is 0 Å². The van der Waals surface area contributed by atoms with Gasteiger partial charge >= 0.3 is 0 Å². The second-order valence-electron chi connectivity index (χ2n) is 4.33. The van der Waals surface area contributed by atoms with E-state index in [1.807, 2.05) is 6.07 Å². The van der Waals surface area contributed by atoms with Gasteiger partial charge in [0.25, 0.3) is 11.8 Å². The van der Waals surface area contributed by atoms with Crippen LogP contribution in [0.15, 0.2) is 42.7 Å². The molecular weight excluding hydrogens is 242 g/mol. The lowest BCUT2D eigenvalue weighted by atomic mass is 10.1. The highest BCUT2D eigenvalue weighted by Gasteiger charge is 2.36. The van der Waals surface area contributed by atoms with Gasteiger partial charge in [-0.1, -0.05) is 12.1 Å². The van der Waals surface area contributed by atoms with Crippen molar-refractivity contribution in [3.8, 4) is 0 Å². The minimum Gasteiger partial charge on any atom is -0.398 e. The minimum atomic E-state index is -0.345. The molecule has 0 atom stereocenters. The summed E-state index contributed by atoms with van der Waals surface area (Å²) in [6.07, 6.45) is 3.27. The second-order valence-corrected chi connectivity index (χ2v) is 4.33. The Balaban J connectivity index is 1.97. The molecule has 0 radical (unpaired) electrons. The first kappa shape index (κ1) is 11.4. The summed E-state index contributed by atoms with van der Waals surface area (Å²) in [7, 11) is 0. The van der Waals surface area contributed by atoms with E-state index in [0.29, 0.717) is 16.8 Å². The molecule has 1 aromatic carbocycles. The first-order valence-corrected chi connectivity index (χ1v) is 5.82. The molecule has 0 unspecified atom stereocenters. The maximum absolute atomic E-state index is 12.2. The molecule has 2 heterocycles. The van der Waals surface area contributed by atoms with Crippen LogP contribution in [0.4, 0.5) is 5.69 Å². The van der Waals surface area contributed by atoms with Crippen LogP contribution in [0.1, 0.15) is 26.3 Å². The highest BCUT2D eigenvalue weighted by molar-refractivity contribution is 6.23. The van der Waals surface area contributed by atoms with Crippen molar-refractivity contribution in [2.45, 2.75) is 6.54 Å². The molecule has 1 aliphatic rings. The lowest BCUT2D eigenvalue weighted by Gasteiger charge is -2.13. The van der Waals surface area contributed by atoms with Crippen LogP contribution in [0, 0.1) is 0 Å². The van der Waals surface area contributed by atoms with E-state index in [4.69, 9.17) is 5.73 Å². The molecule has 2 amide bonds. The van der Waals surface area contributed by atoms with Gasteiger partial charge in [0, 0.05) is 18.1 Å². The molecule has 5 heteroatoms. The SMILES string of the molecule is Nc1cccc2c1C(=O)N(Cc1cccnc1)C2=O. The molecule has 2 aromatic rings. The summed E-state index contributed by atoms with van der Waals surface area (Å²) in [5.74, 6) is -0.655. The van der Waals surface area contributed by atoms with Gasteiger partial charge in [-0.15, -0.1) is 0 Å². The van der Waals surface area contributed by atoms with E-state index >= 15 is 0 Å². The smallest absolute Gasteiger partial charge is 0.263 e. The molecule has 3 rings (SSSR count). The van der Waals surface area contributed by atoms with Crippen molar-refractivity contribution in [2.24, 2.45) is 0 Å². The summed E-state index contributed by atoms with van der Waals surface area (Å²) in [5, 5.41) is 0. The molecule has 2 N–H and O–H groups in total. The Hall–Kier alpha value is -2.69. The summed E-state index contributed by atoms with van der Waals surface area (Å²) in [5.41, 5.74) is 7.58. The molecule has 1 aromatic heterocycles. The largest absolute Gasteiger partial charge is 0.398 e. The number of aromatic nitrogens is 1. The van der Waals surface area contributed by atoms with Crippen molar-refractivity contribution >= 4 is 17.5 Å². The van der Waals surface area contributed by atoms with Crippen LogP contribution in [-0.4, -0.2) is 21.7 Å². The monoisotopic (exact) mass is 253 g/mol. The number of rotatable bonds is 2. The summed E-state index contributed by atoms with van der Waals surface area (Å²) < 4.78 is 0. The number of nitrogen functional groups attached to an aromatic ring is 1. The van der Waals surface area contributed by atoms with E-state index in [1.165, 1.54) is 4.90 Å². The standard InChI is InChI=1S/C14H11N3O2/c15-11-5-1-4-10-12(11)14(19)17(13(10)18)8-9-3-2-6-16-7-9/h1-7H,8,15H2. The highest BCUT2D eigenvalue weighted by Crippen LogP contribution is 2.28. The van der Waals surface area contributed by atoms with Crippen LogP contribution in [0.25, 0.3) is 0 Å². The lowest BCUT2D eigenvalue weighted by Crippen LogP contribution is -2.29. The molecule has 0 aliphatic carbocycles. The van der Waals surface area contributed by atoms with Crippen LogP contribution in [0.3, 0.4) is 0 Å². The number of carbonyl (C=O) groups is 2. The van der Waals surface area contributed by atoms with E-state index in [-0.39, 0.29) is 18.4 Å².